The van der Waals surface area contributed by atoms with Crippen molar-refractivity contribution in [1.82, 2.24) is 4.57 Å². The molecule has 0 saturated heterocycles. The fourth-order valence-corrected chi connectivity index (χ4v) is 17.0. The second-order valence-electron chi connectivity index (χ2n) is 20.5. The average Bonchev–Trinajstić information content (AvgIpc) is 3.82. The molecule has 342 valence electrons. The third-order valence-corrected chi connectivity index (χ3v) is 19.2. The van der Waals surface area contributed by atoms with Crippen molar-refractivity contribution < 1.29 is 8.98 Å². The molecule has 0 amide bonds. The number of para-hydroxylation sites is 3. The number of aryl methyl sites for hydroxylation is 8. The van der Waals surface area contributed by atoms with Crippen LogP contribution >= 0.6 is 0 Å². The Balaban J connectivity index is 1.20. The van der Waals surface area contributed by atoms with Crippen LogP contribution in [0.15, 0.2) is 150 Å². The van der Waals surface area contributed by atoms with Gasteiger partial charge < -0.3 is 4.42 Å². The number of furan rings is 1. The molecular formula is C64H62N3OSi+. The summed E-state index contributed by atoms with van der Waals surface area (Å²) in [6, 6.07) is 57.3. The zero-order chi connectivity index (χ0) is 48.6. The molecule has 0 fully saturated rings. The van der Waals surface area contributed by atoms with Crippen LogP contribution in [0.4, 0.5) is 0 Å². The molecule has 0 spiro atoms. The zero-order valence-electron chi connectivity index (χ0n) is 42.3. The van der Waals surface area contributed by atoms with Crippen LogP contribution in [0.3, 0.4) is 0 Å². The van der Waals surface area contributed by atoms with Gasteiger partial charge in [-0.25, -0.2) is 4.57 Å². The normalized spacial score (nSPS) is 12.0. The van der Waals surface area contributed by atoms with Crippen LogP contribution in [-0.4, -0.2) is 12.6 Å². The van der Waals surface area contributed by atoms with E-state index >= 15 is 0 Å². The molecule has 0 aliphatic rings. The Morgan fingerprint density at radius 2 is 1.03 bits per heavy atom. The van der Waals surface area contributed by atoms with E-state index in [0.29, 0.717) is 23.0 Å². The maximum absolute atomic E-state index is 11.2. The lowest BCUT2D eigenvalue weighted by Crippen LogP contribution is -2.75. The molecule has 69 heavy (non-hydrogen) atoms. The fourth-order valence-electron chi connectivity index (χ4n) is 11.7. The third-order valence-electron chi connectivity index (χ3n) is 14.5. The number of imidazole rings is 1. The summed E-state index contributed by atoms with van der Waals surface area (Å²) in [5, 5.41) is 18.6. The molecular weight excluding hydrogens is 855 g/mol. The number of nitrogens with zero attached hydrogens (tertiary/aromatic N) is 3. The third kappa shape index (κ3) is 7.45. The van der Waals surface area contributed by atoms with Crippen molar-refractivity contribution in [3.05, 3.63) is 201 Å². The summed E-state index contributed by atoms with van der Waals surface area (Å²) in [4.78, 5) is 0. The monoisotopic (exact) mass is 916 g/mol. The highest BCUT2D eigenvalue weighted by molar-refractivity contribution is 7.20. The van der Waals surface area contributed by atoms with E-state index in [1.807, 2.05) is 0 Å². The molecule has 0 radical (unpaired) electrons. The van der Waals surface area contributed by atoms with Gasteiger partial charge in [-0.3, -0.25) is 0 Å². The molecule has 0 unspecified atom stereocenters. The predicted octanol–water partition coefficient (Wildman–Crippen LogP) is 13.3. The molecule has 2 aromatic heterocycles. The molecule has 4 nitrogen and oxygen atoms in total. The minimum atomic E-state index is -2.90. The first kappa shape index (κ1) is 45.5. The van der Waals surface area contributed by atoms with Crippen molar-refractivity contribution in [2.45, 2.75) is 88.0 Å². The van der Waals surface area contributed by atoms with E-state index < -0.39 is 8.07 Å². The lowest BCUT2D eigenvalue weighted by molar-refractivity contribution is -0.633. The Kier molecular flexibility index (Phi) is 11.5. The minimum absolute atomic E-state index is 0.302. The molecule has 5 heteroatoms. The van der Waals surface area contributed by atoms with Crippen LogP contribution in [0.25, 0.3) is 61.2 Å². The summed E-state index contributed by atoms with van der Waals surface area (Å²) in [6.45, 7) is 24.6. The molecule has 8 aromatic carbocycles. The average molecular weight is 917 g/mol. The van der Waals surface area contributed by atoms with Crippen molar-refractivity contribution in [1.29, 1.82) is 5.26 Å². The van der Waals surface area contributed by atoms with Crippen molar-refractivity contribution in [2.24, 2.45) is 7.05 Å². The molecule has 0 aliphatic heterocycles. The Hall–Kier alpha value is -7.26. The van der Waals surface area contributed by atoms with Crippen molar-refractivity contribution in [2.75, 3.05) is 0 Å². The van der Waals surface area contributed by atoms with Gasteiger partial charge in [0.15, 0.2) is 30.3 Å². The van der Waals surface area contributed by atoms with E-state index in [9.17, 15) is 5.26 Å². The highest BCUT2D eigenvalue weighted by Gasteiger charge is 2.42. The van der Waals surface area contributed by atoms with Crippen LogP contribution in [-0.2, 0) is 7.05 Å². The smallest absolute Gasteiger partial charge is 0.299 e. The van der Waals surface area contributed by atoms with Crippen LogP contribution in [0.1, 0.15) is 95.2 Å². The molecule has 2 heterocycles. The van der Waals surface area contributed by atoms with E-state index in [-0.39, 0.29) is 0 Å². The Bertz CT molecular complexity index is 3510. The van der Waals surface area contributed by atoms with Crippen LogP contribution in [0.2, 0.25) is 0 Å². The van der Waals surface area contributed by atoms with Gasteiger partial charge in [0.2, 0.25) is 0 Å². The van der Waals surface area contributed by atoms with Crippen LogP contribution in [0.5, 0.6) is 0 Å². The summed E-state index contributed by atoms with van der Waals surface area (Å²) in [7, 11) is -0.729. The Morgan fingerprint density at radius 3 is 1.54 bits per heavy atom. The van der Waals surface area contributed by atoms with Gasteiger partial charge in [-0.15, -0.1) is 0 Å². The van der Waals surface area contributed by atoms with Crippen molar-refractivity contribution in [3.8, 4) is 34.3 Å². The number of rotatable bonds is 9. The van der Waals surface area contributed by atoms with Gasteiger partial charge in [0.05, 0.1) is 7.05 Å². The summed E-state index contributed by atoms with van der Waals surface area (Å²) < 4.78 is 12.0. The first-order valence-corrected chi connectivity index (χ1v) is 26.5. The number of fused-ring (bicyclic) bond motifs is 4. The summed E-state index contributed by atoms with van der Waals surface area (Å²) in [5.74, 6) is 1.65. The highest BCUT2D eigenvalue weighted by atomic mass is 28.3. The minimum Gasteiger partial charge on any atom is -0.454 e. The summed E-state index contributed by atoms with van der Waals surface area (Å²) in [5.41, 5.74) is 19.6. The van der Waals surface area contributed by atoms with E-state index in [0.717, 1.165) is 55.5 Å². The van der Waals surface area contributed by atoms with Crippen molar-refractivity contribution >= 4 is 61.8 Å². The standard InChI is InChI=1S/C64H62N3OSi/c1-38(2)52-16-15-17-53(39(3)4)61(52)67-59-19-14-13-18-58(59)66(12)64(67)60-46(11)20-25-56-55-27-26-54(57(37-65)62(55)68-63(56)60)47-21-23-48(24-22-47)69(49-31-40(5)28-41(6)32-49,50-33-42(7)29-43(8)34-50)51-35-44(9)30-45(10)36-51/h13-36,38-39H,1-12H3/q+1. The topological polar surface area (TPSA) is 45.7 Å². The number of hydrogen-bond donors (Lipinski definition) is 0. The Morgan fingerprint density at radius 1 is 0.536 bits per heavy atom. The van der Waals surface area contributed by atoms with Crippen LogP contribution < -0.4 is 25.3 Å². The molecule has 0 N–H and O–H groups in total. The van der Waals surface area contributed by atoms with Gasteiger partial charge >= 0.3 is 0 Å². The van der Waals surface area contributed by atoms with E-state index in [1.54, 1.807) is 0 Å². The lowest BCUT2D eigenvalue weighted by Gasteiger charge is -2.36. The second kappa shape index (κ2) is 17.4. The fraction of sp³-hybridized carbons (Fsp3) is 0.219. The van der Waals surface area contributed by atoms with Gasteiger partial charge in [-0.2, -0.15) is 9.83 Å². The summed E-state index contributed by atoms with van der Waals surface area (Å²) in [6.07, 6.45) is 0. The van der Waals surface area contributed by atoms with Gasteiger partial charge in [-0.1, -0.05) is 188 Å². The molecule has 10 rings (SSSR count). The van der Waals surface area contributed by atoms with E-state index in [2.05, 4.69) is 244 Å². The number of nitriles is 1. The molecule has 0 saturated carbocycles. The zero-order valence-corrected chi connectivity index (χ0v) is 43.3. The van der Waals surface area contributed by atoms with Gasteiger partial charge in [0, 0.05) is 27.5 Å². The van der Waals surface area contributed by atoms with E-state index in [1.165, 1.54) is 70.9 Å². The molecule has 0 bridgehead atoms. The van der Waals surface area contributed by atoms with Crippen molar-refractivity contribution in [3.63, 3.8) is 0 Å². The van der Waals surface area contributed by atoms with Gasteiger partial charge in [0.25, 0.3) is 5.82 Å². The quantitative estimate of drug-likeness (QED) is 0.0823. The number of aromatic nitrogens is 2. The first-order valence-electron chi connectivity index (χ1n) is 24.5. The van der Waals surface area contributed by atoms with E-state index in [4.69, 9.17) is 4.42 Å². The Labute approximate surface area is 409 Å². The van der Waals surface area contributed by atoms with Gasteiger partial charge in [-0.05, 0) is 110 Å². The maximum atomic E-state index is 11.2. The molecule has 10 aromatic rings. The maximum Gasteiger partial charge on any atom is 0.299 e. The lowest BCUT2D eigenvalue weighted by atomic mass is 9.92. The SMILES string of the molecule is Cc1cc(C)cc([Si](c2ccc(-c3ccc4c(oc5c(-c6n(-c7c(C(C)C)cccc7C(C)C)c7ccccc7[n+]6C)c(C)ccc54)c3C#N)cc2)(c2cc(C)cc(C)c2)c2cc(C)cc(C)c2)c1. The second-order valence-corrected chi connectivity index (χ2v) is 24.3. The van der Waals surface area contributed by atoms with Crippen LogP contribution in [0, 0.1) is 59.8 Å². The molecule has 0 atom stereocenters. The largest absolute Gasteiger partial charge is 0.454 e. The predicted molar refractivity (Wildman–Crippen MR) is 292 cm³/mol. The number of benzene rings is 8. The first-order chi connectivity index (χ1) is 33.1. The summed E-state index contributed by atoms with van der Waals surface area (Å²) >= 11 is 0. The molecule has 0 aliphatic carbocycles. The number of hydrogen-bond acceptors (Lipinski definition) is 2. The van der Waals surface area contributed by atoms with Gasteiger partial charge in [0.1, 0.15) is 22.9 Å². The highest BCUT2D eigenvalue weighted by Crippen LogP contribution is 2.43.